The second kappa shape index (κ2) is 70.3. The van der Waals surface area contributed by atoms with Crippen LogP contribution in [0.15, 0.2) is 340 Å². The molecule has 0 fully saturated rings. The molecule has 0 aliphatic heterocycles. The van der Waals surface area contributed by atoms with Crippen molar-refractivity contribution in [3.8, 4) is 89.5 Å². The minimum atomic E-state index is 0. The van der Waals surface area contributed by atoms with E-state index in [4.69, 9.17) is 0 Å². The maximum absolute atomic E-state index is 3.69. The molecule has 0 bridgehead atoms. The van der Waals surface area contributed by atoms with Crippen LogP contribution in [0.4, 0.5) is 0 Å². The number of fused-ring (bicyclic) bond motifs is 11. The van der Waals surface area contributed by atoms with E-state index in [1.807, 2.05) is 197 Å². The normalized spacial score (nSPS) is 9.49. The van der Waals surface area contributed by atoms with Gasteiger partial charge in [0.05, 0.1) is 0 Å². The van der Waals surface area contributed by atoms with E-state index in [1.54, 1.807) is 0 Å². The van der Waals surface area contributed by atoms with Gasteiger partial charge in [0.25, 0.3) is 0 Å². The average molecular weight is 2150 g/mol. The van der Waals surface area contributed by atoms with Crippen LogP contribution in [0, 0.1) is 76.2 Å². The fraction of sp³-hybridized carbons (Fsp3) is 0.242. The first-order valence-electron chi connectivity index (χ1n) is 50.1. The third kappa shape index (κ3) is 33.3. The van der Waals surface area contributed by atoms with Gasteiger partial charge in [0.2, 0.25) is 0 Å². The zero-order valence-corrected chi connectivity index (χ0v) is 102. The molecule has 0 spiro atoms. The topological polar surface area (TPSA) is 15.5 Å². The average Bonchev–Trinajstić information content (AvgIpc) is 0.772. The van der Waals surface area contributed by atoms with Crippen LogP contribution >= 0.6 is 0 Å². The summed E-state index contributed by atoms with van der Waals surface area (Å²) in [4.78, 5) is 0. The first-order valence-corrected chi connectivity index (χ1v) is 50.1. The third-order valence-corrected chi connectivity index (χ3v) is 21.6. The molecule has 0 amide bonds. The van der Waals surface area contributed by atoms with Gasteiger partial charge in [-0.05, 0) is 45.8 Å². The summed E-state index contributed by atoms with van der Waals surface area (Å²) in [6, 6.07) is 140. The molecule has 0 aliphatic rings. The van der Waals surface area contributed by atoms with Gasteiger partial charge in [-0.3, -0.25) is 0 Å². The largest absolute Gasteiger partial charge is 0.234 e. The summed E-state index contributed by atoms with van der Waals surface area (Å²) in [6.07, 6.45) is 8.29. The second-order valence-electron chi connectivity index (χ2n) is 29.0. The van der Waals surface area contributed by atoms with Crippen LogP contribution in [0.2, 0.25) is 0 Å². The Labute approximate surface area is 947 Å². The molecule has 16 aromatic carbocycles. The fourth-order valence-electron chi connectivity index (χ4n) is 15.5. The molecule has 0 atom stereocenters. The van der Waals surface area contributed by atoms with Crippen LogP contribution in [0.25, 0.3) is 176 Å². The van der Waals surface area contributed by atoms with Crippen molar-refractivity contribution in [2.75, 3.05) is 0 Å². The van der Waals surface area contributed by atoms with E-state index in [0.717, 1.165) is 106 Å². The predicted molar refractivity (Wildman–Crippen MR) is 600 cm³/mol. The summed E-state index contributed by atoms with van der Waals surface area (Å²) in [7, 11) is 8.29. The second-order valence-corrected chi connectivity index (χ2v) is 29.0. The Morgan fingerprint density at radius 1 is 0.186 bits per heavy atom. The van der Waals surface area contributed by atoms with Crippen molar-refractivity contribution < 1.29 is 149 Å². The molecule has 4 aromatic heterocycles. The zero-order valence-electron chi connectivity index (χ0n) is 90.4. The smallest absolute Gasteiger partial charge is 0.161 e. The number of aryl methyl sites for hydroxylation is 8. The molecular formula is C132H152N4Y4-4. The third-order valence-electron chi connectivity index (χ3n) is 21.6. The van der Waals surface area contributed by atoms with Gasteiger partial charge in [0.15, 0.2) is 24.8 Å². The fourth-order valence-corrected chi connectivity index (χ4v) is 15.5. The van der Waals surface area contributed by atoms with E-state index < -0.39 is 0 Å². The van der Waals surface area contributed by atoms with Crippen molar-refractivity contribution >= 4 is 86.2 Å². The number of benzene rings is 16. The van der Waals surface area contributed by atoms with E-state index in [0.29, 0.717) is 0 Å². The number of pyridine rings is 4. The molecule has 0 saturated carbocycles. The Balaban J connectivity index is 0.000000861. The molecule has 20 rings (SSSR count). The van der Waals surface area contributed by atoms with Crippen LogP contribution < -0.4 is 18.3 Å². The Hall–Kier alpha value is -9.38. The van der Waals surface area contributed by atoms with Gasteiger partial charge < -0.3 is 0 Å². The quantitative estimate of drug-likeness (QED) is 0.0624. The zero-order chi connectivity index (χ0) is 100. The monoisotopic (exact) mass is 2150 g/mol. The summed E-state index contributed by atoms with van der Waals surface area (Å²) in [5.41, 5.74) is 22.6. The number of rotatable bonds is 8. The minimum absolute atomic E-state index is 0. The Bertz CT molecular complexity index is 6900. The maximum Gasteiger partial charge on any atom is 0.161 e. The number of nitrogens with zero attached hydrogens (tertiary/aromatic N) is 4. The van der Waals surface area contributed by atoms with Crippen LogP contribution in [0.3, 0.4) is 0 Å². The molecule has 0 saturated heterocycles. The molecule has 0 unspecified atom stereocenters. The minimum Gasteiger partial charge on any atom is -0.234 e. The van der Waals surface area contributed by atoms with Crippen LogP contribution in [-0.2, 0) is 159 Å². The summed E-state index contributed by atoms with van der Waals surface area (Å²) in [6.45, 7) is 56.6. The Morgan fingerprint density at radius 2 is 0.464 bits per heavy atom. The van der Waals surface area contributed by atoms with E-state index in [9.17, 15) is 0 Å². The first kappa shape index (κ1) is 129. The van der Waals surface area contributed by atoms with Gasteiger partial charge in [-0.25, -0.2) is 23.8 Å². The van der Waals surface area contributed by atoms with Gasteiger partial charge in [-0.15, -0.1) is 110 Å². The molecular weight excluding hydrogens is 2000 g/mol. The van der Waals surface area contributed by atoms with Crippen molar-refractivity contribution in [1.29, 1.82) is 0 Å². The molecule has 8 heteroatoms. The molecule has 0 N–H and O–H groups in total. The van der Waals surface area contributed by atoms with Gasteiger partial charge in [0.1, 0.15) is 51.0 Å². The number of hydrogen-bond acceptors (Lipinski definition) is 0. The summed E-state index contributed by atoms with van der Waals surface area (Å²) >= 11 is 0. The van der Waals surface area contributed by atoms with Crippen molar-refractivity contribution in [3.63, 3.8) is 0 Å². The number of hydrogen-bond donors (Lipinski definition) is 0. The van der Waals surface area contributed by atoms with Crippen LogP contribution in [0.5, 0.6) is 0 Å². The number of aromatic nitrogens is 4. The van der Waals surface area contributed by atoms with Crippen molar-refractivity contribution in [2.45, 2.75) is 194 Å². The standard InChI is InChI=1S/4C27H20N.12C2H6.4Y/c1-19-13-14-22(18-25(19)26-12-5-6-17-28(26)2)24-11-7-9-21-16-15-20-8-3-4-10-23(20)27(21)24;1-19-10-11-22(18-26(19)27-9-5-6-16-28(27)2)21-14-15-25-23(17-21)13-12-20-7-3-4-8-24(20)25;1-19-10-11-22(17-25(19)27-9-5-6-16-28(27)2)23-15-14-21-13-12-20-7-3-4-8-24(20)26(21)18-23;1-19-10-11-24(18-26(19)27-9-5-6-14-28(27)2)22-12-13-23-15-20-7-3-4-8-21(20)16-25(23)17-22;12*1-2;;;;/h3-10,12-17H,1-2H3;3*3-16H,1-2H3;12*1-2H3;;;;/q4*-1;;;;;;;;;;;;;;;;. The predicted octanol–water partition coefficient (Wildman–Crippen LogP) is 36.5. The molecule has 4 radical (unpaired) electrons. The van der Waals surface area contributed by atoms with Gasteiger partial charge in [0, 0.05) is 155 Å². The van der Waals surface area contributed by atoms with Gasteiger partial charge >= 0.3 is 0 Å². The van der Waals surface area contributed by atoms with Crippen LogP contribution in [0.1, 0.15) is 188 Å². The molecule has 20 aromatic rings. The Kier molecular flexibility index (Phi) is 64.6. The van der Waals surface area contributed by atoms with Crippen molar-refractivity contribution in [2.24, 2.45) is 28.2 Å². The molecule has 140 heavy (non-hydrogen) atoms. The summed E-state index contributed by atoms with van der Waals surface area (Å²) in [5, 5.41) is 19.6. The molecule has 0 aliphatic carbocycles. The summed E-state index contributed by atoms with van der Waals surface area (Å²) in [5.74, 6) is 0. The van der Waals surface area contributed by atoms with Crippen LogP contribution in [-0.4, -0.2) is 0 Å². The van der Waals surface area contributed by atoms with E-state index in [1.165, 1.54) is 92.3 Å². The molecule has 716 valence electrons. The molecule has 4 heterocycles. The van der Waals surface area contributed by atoms with Gasteiger partial charge in [-0.1, -0.05) is 412 Å². The van der Waals surface area contributed by atoms with Gasteiger partial charge in [-0.2, -0.15) is 136 Å². The Morgan fingerprint density at radius 3 is 0.879 bits per heavy atom. The first-order chi connectivity index (χ1) is 66.8. The summed E-state index contributed by atoms with van der Waals surface area (Å²) < 4.78 is 8.56. The maximum atomic E-state index is 3.69. The van der Waals surface area contributed by atoms with Crippen molar-refractivity contribution in [3.05, 3.63) is 411 Å². The van der Waals surface area contributed by atoms with E-state index in [2.05, 4.69) is 433 Å². The molecule has 4 nitrogen and oxygen atoms in total. The van der Waals surface area contributed by atoms with E-state index >= 15 is 0 Å². The van der Waals surface area contributed by atoms with E-state index in [-0.39, 0.29) is 131 Å². The SMILES string of the molecule is CC.CC.CC.CC.CC.CC.CC.CC.CC.CC.CC.CC.Cc1ccc(-c2[c-]c3c(cc2)ccc2ccccc23)[c-]c1-c1cccc[n+]1C.Cc1ccc(-c2[c-]c3cc4ccccc4cc3cc2)[c-]c1-c1cccc[n+]1C.Cc1ccc(-c2[c-]c3ccc4ccccc4c3cc2)[c-]c1-c1cccc[n+]1C.Cc1ccc(-c2[c-]ccc3ccc4ccccc4c23)[c-]c1-c1cccc[n+]1C.[Y].[Y].[Y].[Y]. The van der Waals surface area contributed by atoms with Crippen molar-refractivity contribution in [1.82, 2.24) is 0 Å².